The Kier molecular flexibility index (Phi) is 6.91. The summed E-state index contributed by atoms with van der Waals surface area (Å²) >= 11 is 1.33. The highest BCUT2D eigenvalue weighted by Crippen LogP contribution is 2.28. The highest BCUT2D eigenvalue weighted by Gasteiger charge is 2.17. The van der Waals surface area contributed by atoms with Crippen LogP contribution in [0.5, 0.6) is 0 Å². The summed E-state index contributed by atoms with van der Waals surface area (Å²) < 4.78 is 1.98. The van der Waals surface area contributed by atoms with E-state index in [9.17, 15) is 4.79 Å². The number of hydrazone groups is 1. The Balaban J connectivity index is 1.32. The van der Waals surface area contributed by atoms with Gasteiger partial charge in [0, 0.05) is 11.3 Å². The van der Waals surface area contributed by atoms with Gasteiger partial charge < -0.3 is 0 Å². The first-order valence-corrected chi connectivity index (χ1v) is 12.6. The quantitative estimate of drug-likeness (QED) is 0.171. The molecule has 1 heterocycles. The van der Waals surface area contributed by atoms with E-state index < -0.39 is 0 Å². The summed E-state index contributed by atoms with van der Waals surface area (Å²) in [6.45, 7) is 3.94. The molecule has 0 bridgehead atoms. The maximum Gasteiger partial charge on any atom is 0.250 e. The average Bonchev–Trinajstić information content (AvgIpc) is 3.35. The largest absolute Gasteiger partial charge is 0.272 e. The minimum absolute atomic E-state index is 0.160. The van der Waals surface area contributed by atoms with Crippen molar-refractivity contribution >= 4 is 34.2 Å². The van der Waals surface area contributed by atoms with Crippen LogP contribution in [0.1, 0.15) is 18.1 Å². The van der Waals surface area contributed by atoms with Crippen molar-refractivity contribution in [3.8, 4) is 17.1 Å². The number of carbonyl (C=O) groups is 1. The second kappa shape index (κ2) is 10.6. The number of thioether (sulfide) groups is 1. The van der Waals surface area contributed by atoms with Crippen LogP contribution < -0.4 is 5.43 Å². The van der Waals surface area contributed by atoms with Crippen molar-refractivity contribution in [2.45, 2.75) is 19.0 Å². The third-order valence-electron chi connectivity index (χ3n) is 5.81. The number of rotatable bonds is 7. The van der Waals surface area contributed by atoms with E-state index in [0.29, 0.717) is 5.16 Å². The van der Waals surface area contributed by atoms with Gasteiger partial charge in [0.1, 0.15) is 0 Å². The van der Waals surface area contributed by atoms with Crippen LogP contribution in [0.3, 0.4) is 0 Å². The fourth-order valence-corrected chi connectivity index (χ4v) is 4.60. The van der Waals surface area contributed by atoms with Gasteiger partial charge in [0.25, 0.3) is 5.91 Å². The smallest absolute Gasteiger partial charge is 0.250 e. The average molecular weight is 492 g/mol. The van der Waals surface area contributed by atoms with Crippen LogP contribution in [-0.4, -0.2) is 32.1 Å². The Morgan fingerprint density at radius 1 is 0.889 bits per heavy atom. The normalized spacial score (nSPS) is 11.6. The van der Waals surface area contributed by atoms with Gasteiger partial charge in [-0.25, -0.2) is 5.43 Å². The number of nitrogens with zero attached hydrogens (tertiary/aromatic N) is 4. The molecule has 5 aromatic rings. The number of benzene rings is 4. The lowest BCUT2D eigenvalue weighted by atomic mass is 10.0. The minimum Gasteiger partial charge on any atom is -0.272 e. The molecule has 178 valence electrons. The lowest BCUT2D eigenvalue weighted by molar-refractivity contribution is -0.118. The molecule has 1 aromatic heterocycles. The van der Waals surface area contributed by atoms with Gasteiger partial charge in [0.2, 0.25) is 0 Å². The lowest BCUT2D eigenvalue weighted by Gasteiger charge is -2.10. The molecular formula is C29H25N5OS. The molecule has 0 radical (unpaired) electrons. The number of fused-ring (bicyclic) bond motifs is 1. The van der Waals surface area contributed by atoms with Crippen LogP contribution >= 0.6 is 11.8 Å². The van der Waals surface area contributed by atoms with Crippen molar-refractivity contribution in [3.05, 3.63) is 108 Å². The van der Waals surface area contributed by atoms with Gasteiger partial charge in [-0.15, -0.1) is 10.2 Å². The van der Waals surface area contributed by atoms with E-state index in [1.807, 2.05) is 72.2 Å². The molecule has 4 aromatic carbocycles. The fourth-order valence-electron chi connectivity index (χ4n) is 3.85. The minimum atomic E-state index is -0.208. The van der Waals surface area contributed by atoms with Gasteiger partial charge in [0.05, 0.1) is 11.5 Å². The molecule has 0 aliphatic rings. The Bertz CT molecular complexity index is 1540. The Labute approximate surface area is 214 Å². The molecule has 6 nitrogen and oxygen atoms in total. The predicted molar refractivity (Wildman–Crippen MR) is 147 cm³/mol. The van der Waals surface area contributed by atoms with E-state index in [4.69, 9.17) is 0 Å². The zero-order valence-corrected chi connectivity index (χ0v) is 20.9. The molecule has 36 heavy (non-hydrogen) atoms. The lowest BCUT2D eigenvalue weighted by Crippen LogP contribution is -2.21. The van der Waals surface area contributed by atoms with E-state index in [2.05, 4.69) is 64.0 Å². The van der Waals surface area contributed by atoms with Gasteiger partial charge in [-0.3, -0.25) is 9.36 Å². The van der Waals surface area contributed by atoms with Gasteiger partial charge in [-0.05, 0) is 48.4 Å². The monoisotopic (exact) mass is 491 g/mol. The van der Waals surface area contributed by atoms with Gasteiger partial charge in [-0.1, -0.05) is 96.2 Å². The fraction of sp³-hybridized carbons (Fsp3) is 0.103. The van der Waals surface area contributed by atoms with Crippen LogP contribution in [0.25, 0.3) is 27.8 Å². The summed E-state index contributed by atoms with van der Waals surface area (Å²) in [5.41, 5.74) is 7.45. The van der Waals surface area contributed by atoms with Crippen molar-refractivity contribution in [2.75, 3.05) is 5.75 Å². The number of aryl methyl sites for hydroxylation is 1. The molecule has 0 atom stereocenters. The van der Waals surface area contributed by atoms with Crippen molar-refractivity contribution in [1.29, 1.82) is 0 Å². The summed E-state index contributed by atoms with van der Waals surface area (Å²) in [4.78, 5) is 12.6. The Morgan fingerprint density at radius 3 is 2.39 bits per heavy atom. The number of amides is 1. The zero-order chi connectivity index (χ0) is 24.9. The summed E-state index contributed by atoms with van der Waals surface area (Å²) in [6.07, 6.45) is 0. The maximum atomic E-state index is 12.6. The van der Waals surface area contributed by atoms with E-state index >= 15 is 0 Å². The van der Waals surface area contributed by atoms with Crippen LogP contribution in [-0.2, 0) is 4.79 Å². The highest BCUT2D eigenvalue weighted by molar-refractivity contribution is 7.99. The summed E-state index contributed by atoms with van der Waals surface area (Å²) in [5, 5.41) is 16.1. The van der Waals surface area contributed by atoms with E-state index in [1.165, 1.54) is 22.7 Å². The van der Waals surface area contributed by atoms with Crippen molar-refractivity contribution < 1.29 is 4.79 Å². The van der Waals surface area contributed by atoms with E-state index in [0.717, 1.165) is 33.7 Å². The molecule has 0 fully saturated rings. The molecule has 1 N–H and O–H groups in total. The van der Waals surface area contributed by atoms with Crippen molar-refractivity contribution in [1.82, 2.24) is 20.2 Å². The predicted octanol–water partition coefficient (Wildman–Crippen LogP) is 6.03. The van der Waals surface area contributed by atoms with E-state index in [-0.39, 0.29) is 11.7 Å². The number of hydrogen-bond donors (Lipinski definition) is 1. The van der Waals surface area contributed by atoms with Crippen LogP contribution in [0.2, 0.25) is 0 Å². The summed E-state index contributed by atoms with van der Waals surface area (Å²) in [5.74, 6) is 0.681. The number of hydrogen-bond acceptors (Lipinski definition) is 5. The summed E-state index contributed by atoms with van der Waals surface area (Å²) in [6, 6.07) is 32.4. The standard InChI is InChI=1S/C29H25N5OS/c1-20-12-16-26(17-13-20)34-28(23-9-4-3-5-10-23)32-33-29(34)36-19-27(35)31-30-21(2)24-15-14-22-8-6-7-11-25(22)18-24/h3-18H,19H2,1-2H3,(H,31,35). The molecule has 0 aliphatic carbocycles. The first kappa shape index (κ1) is 23.5. The maximum absolute atomic E-state index is 12.6. The third-order valence-corrected chi connectivity index (χ3v) is 6.73. The van der Waals surface area contributed by atoms with Crippen molar-refractivity contribution in [2.24, 2.45) is 5.10 Å². The highest BCUT2D eigenvalue weighted by atomic mass is 32.2. The first-order valence-electron chi connectivity index (χ1n) is 11.6. The van der Waals surface area contributed by atoms with E-state index in [1.54, 1.807) is 0 Å². The zero-order valence-electron chi connectivity index (χ0n) is 20.1. The molecule has 7 heteroatoms. The topological polar surface area (TPSA) is 72.2 Å². The van der Waals surface area contributed by atoms with Crippen LogP contribution in [0.15, 0.2) is 107 Å². The second-order valence-corrected chi connectivity index (χ2v) is 9.37. The first-order chi connectivity index (χ1) is 17.6. The molecule has 0 saturated heterocycles. The van der Waals surface area contributed by atoms with Gasteiger partial charge >= 0.3 is 0 Å². The molecule has 0 unspecified atom stereocenters. The Morgan fingerprint density at radius 2 is 1.61 bits per heavy atom. The molecule has 0 saturated carbocycles. The number of carbonyl (C=O) groups excluding carboxylic acids is 1. The molecule has 5 rings (SSSR count). The molecule has 1 amide bonds. The Hall–Kier alpha value is -4.23. The van der Waals surface area contributed by atoms with Gasteiger partial charge in [-0.2, -0.15) is 5.10 Å². The molecule has 0 spiro atoms. The van der Waals surface area contributed by atoms with Crippen molar-refractivity contribution in [3.63, 3.8) is 0 Å². The van der Waals surface area contributed by atoms with Crippen LogP contribution in [0, 0.1) is 6.92 Å². The van der Waals surface area contributed by atoms with Crippen LogP contribution in [0.4, 0.5) is 0 Å². The van der Waals surface area contributed by atoms with Gasteiger partial charge in [0.15, 0.2) is 11.0 Å². The third kappa shape index (κ3) is 5.21. The number of aromatic nitrogens is 3. The second-order valence-electron chi connectivity index (χ2n) is 8.43. The summed E-state index contributed by atoms with van der Waals surface area (Å²) in [7, 11) is 0. The SMILES string of the molecule is CC(=NNC(=O)CSc1nnc(-c2ccccc2)n1-c1ccc(C)cc1)c1ccc2ccccc2c1. The molecular weight excluding hydrogens is 466 g/mol. The molecule has 0 aliphatic heterocycles. The number of nitrogens with one attached hydrogen (secondary N) is 1.